The number of benzene rings is 1. The minimum absolute atomic E-state index is 0.0154. The van der Waals surface area contributed by atoms with Gasteiger partial charge in [0.25, 0.3) is 0 Å². The number of hydrogen-bond acceptors (Lipinski definition) is 6. The first-order valence-electron chi connectivity index (χ1n) is 9.31. The second-order valence-corrected chi connectivity index (χ2v) is 7.88. The third-order valence-electron chi connectivity index (χ3n) is 3.85. The van der Waals surface area contributed by atoms with Crippen molar-refractivity contribution in [1.29, 1.82) is 0 Å². The first-order chi connectivity index (χ1) is 13.9. The summed E-state index contributed by atoms with van der Waals surface area (Å²) in [6.45, 7) is 8.52. The van der Waals surface area contributed by atoms with Gasteiger partial charge >= 0.3 is 12.1 Å². The number of carbonyl (C=O) groups excluding carboxylic acids is 3. The zero-order valence-corrected chi connectivity index (χ0v) is 18.7. The molecule has 0 unspecified atom stereocenters. The summed E-state index contributed by atoms with van der Waals surface area (Å²) in [5.41, 5.74) is 0.536. The summed E-state index contributed by atoms with van der Waals surface area (Å²) in [6.07, 6.45) is -0.550. The van der Waals surface area contributed by atoms with Crippen LogP contribution in [0.25, 0.3) is 10.9 Å². The second-order valence-electron chi connectivity index (χ2n) is 7.47. The molecule has 0 saturated heterocycles. The minimum atomic E-state index is -0.664. The summed E-state index contributed by atoms with van der Waals surface area (Å²) < 4.78 is 10.6. The number of nitrogens with one attached hydrogen (secondary N) is 3. The second kappa shape index (κ2) is 9.12. The number of carbonyl (C=O) groups is 3. The molecule has 0 aliphatic carbocycles. The third-order valence-corrected chi connectivity index (χ3v) is 4.05. The van der Waals surface area contributed by atoms with Crippen LogP contribution in [0.3, 0.4) is 0 Å². The van der Waals surface area contributed by atoms with E-state index < -0.39 is 17.7 Å². The zero-order chi connectivity index (χ0) is 22.6. The molecular formula is C20H26N4O5S. The number of nitrogens with zero attached hydrogens (tertiary/aromatic N) is 1. The number of fused-ring (bicyclic) bond motifs is 1. The van der Waals surface area contributed by atoms with Crippen LogP contribution in [-0.2, 0) is 14.3 Å². The molecule has 0 spiro atoms. The van der Waals surface area contributed by atoms with E-state index in [1.807, 2.05) is 0 Å². The van der Waals surface area contributed by atoms with Gasteiger partial charge in [0, 0.05) is 19.4 Å². The highest BCUT2D eigenvalue weighted by atomic mass is 32.1. The van der Waals surface area contributed by atoms with Gasteiger partial charge in [0.1, 0.15) is 17.0 Å². The molecule has 0 aliphatic rings. The molecule has 0 bridgehead atoms. The molecule has 0 aliphatic heterocycles. The van der Waals surface area contributed by atoms with Crippen LogP contribution in [0.15, 0.2) is 18.2 Å². The molecule has 2 amide bonds. The molecule has 1 aromatic heterocycles. The van der Waals surface area contributed by atoms with Crippen LogP contribution >= 0.6 is 12.2 Å². The molecule has 0 fully saturated rings. The largest absolute Gasteiger partial charge is 0.462 e. The molecule has 2 rings (SSSR count). The maximum absolute atomic E-state index is 12.6. The van der Waals surface area contributed by atoms with Gasteiger partial charge in [0.15, 0.2) is 5.11 Å². The number of esters is 1. The first-order valence-corrected chi connectivity index (χ1v) is 9.72. The molecular weight excluding hydrogens is 408 g/mol. The Morgan fingerprint density at radius 3 is 2.47 bits per heavy atom. The molecule has 9 nitrogen and oxygen atoms in total. The van der Waals surface area contributed by atoms with Crippen LogP contribution in [-0.4, -0.2) is 47.3 Å². The quantitative estimate of drug-likeness (QED) is 0.498. The Morgan fingerprint density at radius 1 is 1.23 bits per heavy atom. The fourth-order valence-corrected chi connectivity index (χ4v) is 2.97. The number of H-pyrrole nitrogens is 1. The van der Waals surface area contributed by atoms with E-state index in [0.717, 1.165) is 0 Å². The van der Waals surface area contributed by atoms with Gasteiger partial charge in [-0.3, -0.25) is 9.69 Å². The van der Waals surface area contributed by atoms with Gasteiger partial charge < -0.3 is 25.1 Å². The van der Waals surface area contributed by atoms with E-state index in [1.165, 1.54) is 11.8 Å². The fraction of sp³-hybridized carbons (Fsp3) is 0.400. The van der Waals surface area contributed by atoms with Gasteiger partial charge in [-0.05, 0) is 46.0 Å². The van der Waals surface area contributed by atoms with Crippen molar-refractivity contribution in [1.82, 2.24) is 10.3 Å². The maximum atomic E-state index is 12.6. The van der Waals surface area contributed by atoms with Crippen molar-refractivity contribution in [2.75, 3.05) is 23.9 Å². The highest BCUT2D eigenvalue weighted by Crippen LogP contribution is 2.34. The van der Waals surface area contributed by atoms with Gasteiger partial charge in [0.05, 0.1) is 17.8 Å². The van der Waals surface area contributed by atoms with E-state index >= 15 is 0 Å². The van der Waals surface area contributed by atoms with Crippen molar-refractivity contribution < 1.29 is 23.9 Å². The Labute approximate surface area is 180 Å². The zero-order valence-electron chi connectivity index (χ0n) is 17.8. The lowest BCUT2D eigenvalue weighted by molar-refractivity contribution is -0.117. The SMILES string of the molecule is CCOC(=O)c1c(NC(=S)NC(C)=O)[nH]c2c(N(C)C(=O)OC(C)(C)C)cccc12. The molecule has 0 atom stereocenters. The smallest absolute Gasteiger partial charge is 0.414 e. The van der Waals surface area contributed by atoms with Crippen LogP contribution in [0, 0.1) is 0 Å². The summed E-state index contributed by atoms with van der Waals surface area (Å²) in [4.78, 5) is 40.9. The highest BCUT2D eigenvalue weighted by Gasteiger charge is 2.26. The normalized spacial score (nSPS) is 11.0. The fourth-order valence-electron chi connectivity index (χ4n) is 2.72. The van der Waals surface area contributed by atoms with Gasteiger partial charge in [-0.25, -0.2) is 9.59 Å². The van der Waals surface area contributed by atoms with Crippen molar-refractivity contribution in [2.24, 2.45) is 0 Å². The summed E-state index contributed by atoms with van der Waals surface area (Å²) >= 11 is 5.11. The molecule has 1 aromatic carbocycles. The average Bonchev–Trinajstić information content (AvgIpc) is 2.96. The lowest BCUT2D eigenvalue weighted by Crippen LogP contribution is -2.34. The Bertz CT molecular complexity index is 993. The monoisotopic (exact) mass is 434 g/mol. The number of hydrogen-bond donors (Lipinski definition) is 3. The summed E-state index contributed by atoms with van der Waals surface area (Å²) in [5.74, 6) is -0.687. The van der Waals surface area contributed by atoms with Gasteiger partial charge in [-0.1, -0.05) is 12.1 Å². The van der Waals surface area contributed by atoms with Crippen LogP contribution in [0.2, 0.25) is 0 Å². The maximum Gasteiger partial charge on any atom is 0.414 e. The van der Waals surface area contributed by atoms with Gasteiger partial charge in [-0.2, -0.15) is 0 Å². The highest BCUT2D eigenvalue weighted by molar-refractivity contribution is 7.80. The van der Waals surface area contributed by atoms with Crippen LogP contribution in [0.4, 0.5) is 16.3 Å². The number of thiocarbonyl (C=S) groups is 1. The summed E-state index contributed by atoms with van der Waals surface area (Å²) in [7, 11) is 1.57. The predicted octanol–water partition coefficient (Wildman–Crippen LogP) is 3.55. The number of amides is 2. The number of para-hydroxylation sites is 1. The summed E-state index contributed by atoms with van der Waals surface area (Å²) in [5, 5.41) is 5.79. The standard InChI is InChI=1S/C20H26N4O5S/c1-7-28-17(26)14-12-9-8-10-13(24(6)19(27)29-20(3,4)5)15(12)22-16(14)23-18(30)21-11(2)25/h8-10,22H,7H2,1-6H3,(H2,21,23,25,30). The van der Waals surface area contributed by atoms with E-state index in [1.54, 1.807) is 52.9 Å². The van der Waals surface area contributed by atoms with Crippen molar-refractivity contribution in [3.8, 4) is 0 Å². The van der Waals surface area contributed by atoms with Gasteiger partial charge in [-0.15, -0.1) is 0 Å². The van der Waals surface area contributed by atoms with E-state index in [4.69, 9.17) is 21.7 Å². The third kappa shape index (κ3) is 5.47. The Morgan fingerprint density at radius 2 is 1.90 bits per heavy atom. The Balaban J connectivity index is 2.56. The van der Waals surface area contributed by atoms with Crippen molar-refractivity contribution in [3.05, 3.63) is 23.8 Å². The van der Waals surface area contributed by atoms with Crippen LogP contribution < -0.4 is 15.5 Å². The molecule has 30 heavy (non-hydrogen) atoms. The van der Waals surface area contributed by atoms with Crippen molar-refractivity contribution >= 4 is 57.7 Å². The van der Waals surface area contributed by atoms with E-state index in [0.29, 0.717) is 16.6 Å². The number of aromatic nitrogens is 1. The molecule has 10 heteroatoms. The number of aromatic amines is 1. The van der Waals surface area contributed by atoms with Gasteiger partial charge in [0.2, 0.25) is 5.91 Å². The Hall–Kier alpha value is -3.14. The van der Waals surface area contributed by atoms with Crippen molar-refractivity contribution in [2.45, 2.75) is 40.2 Å². The molecule has 1 heterocycles. The molecule has 3 N–H and O–H groups in total. The van der Waals surface area contributed by atoms with E-state index in [9.17, 15) is 14.4 Å². The van der Waals surface area contributed by atoms with E-state index in [-0.39, 0.29) is 29.0 Å². The van der Waals surface area contributed by atoms with Crippen LogP contribution in [0.1, 0.15) is 45.0 Å². The van der Waals surface area contributed by atoms with E-state index in [2.05, 4.69) is 15.6 Å². The number of anilines is 2. The average molecular weight is 435 g/mol. The first kappa shape index (κ1) is 23.1. The molecule has 0 radical (unpaired) electrons. The lowest BCUT2D eigenvalue weighted by atomic mass is 10.1. The molecule has 162 valence electrons. The summed E-state index contributed by atoms with van der Waals surface area (Å²) in [6, 6.07) is 5.15. The minimum Gasteiger partial charge on any atom is -0.462 e. The lowest BCUT2D eigenvalue weighted by Gasteiger charge is -2.25. The van der Waals surface area contributed by atoms with Crippen LogP contribution in [0.5, 0.6) is 0 Å². The Kier molecular flexibility index (Phi) is 7.04. The predicted molar refractivity (Wildman–Crippen MR) is 119 cm³/mol. The molecule has 2 aromatic rings. The van der Waals surface area contributed by atoms with Crippen molar-refractivity contribution in [3.63, 3.8) is 0 Å². The molecule has 0 saturated carbocycles. The number of rotatable bonds is 4. The topological polar surface area (TPSA) is 113 Å². The number of ether oxygens (including phenoxy) is 2.